The quantitative estimate of drug-likeness (QED) is 0.474. The Morgan fingerprint density at radius 2 is 2.58 bits per heavy atom. The molecule has 0 saturated carbocycles. The third-order valence-electron chi connectivity index (χ3n) is 1.80. The van der Waals surface area contributed by atoms with Gasteiger partial charge in [0, 0.05) is 6.08 Å². The first-order valence-electron chi connectivity index (χ1n) is 4.37. The molecule has 0 fully saturated rings. The molecule has 0 bridgehead atoms. The van der Waals surface area contributed by atoms with Gasteiger partial charge in [-0.1, -0.05) is 17.7 Å². The summed E-state index contributed by atoms with van der Waals surface area (Å²) in [7, 11) is 0. The Morgan fingerprint density at radius 1 is 1.75 bits per heavy atom. The molecule has 0 aliphatic heterocycles. The molecule has 0 heterocycles. The first-order valence-corrected chi connectivity index (χ1v) is 4.37. The number of hydrogen-bond donors (Lipinski definition) is 0. The third-order valence-corrected chi connectivity index (χ3v) is 1.80. The Kier molecular flexibility index (Phi) is 3.58. The molecule has 0 atom stereocenters. The van der Waals surface area contributed by atoms with Gasteiger partial charge in [-0.3, -0.25) is 0 Å². The molecule has 0 spiro atoms. The average Bonchev–Trinajstić information content (AvgIpc) is 2.53. The molecule has 1 aliphatic carbocycles. The number of hydrogen-bond acceptors (Lipinski definition) is 2. The Balaban J connectivity index is 2.33. The topological polar surface area (TPSA) is 26.3 Å². The van der Waals surface area contributed by atoms with Crippen molar-refractivity contribution in [3.63, 3.8) is 0 Å². The summed E-state index contributed by atoms with van der Waals surface area (Å²) in [6.07, 6.45) is 8.96. The summed E-state index contributed by atoms with van der Waals surface area (Å²) in [4.78, 5) is 10.9. The van der Waals surface area contributed by atoms with Crippen molar-refractivity contribution in [2.75, 3.05) is 6.61 Å². The molecular weight excluding hydrogens is 152 g/mol. The minimum absolute atomic E-state index is 0.245. The van der Waals surface area contributed by atoms with E-state index in [4.69, 9.17) is 4.74 Å². The van der Waals surface area contributed by atoms with Gasteiger partial charge in [0.15, 0.2) is 0 Å². The fourth-order valence-electron chi connectivity index (χ4n) is 1.21. The van der Waals surface area contributed by atoms with Crippen molar-refractivity contribution in [3.05, 3.63) is 23.8 Å². The predicted octanol–water partition coefficient (Wildman–Crippen LogP) is 2.22. The van der Waals surface area contributed by atoms with Gasteiger partial charge in [-0.15, -0.1) is 0 Å². The summed E-state index contributed by atoms with van der Waals surface area (Å²) < 4.78 is 4.75. The molecule has 0 aromatic carbocycles. The van der Waals surface area contributed by atoms with Gasteiger partial charge in [-0.25, -0.2) is 4.79 Å². The van der Waals surface area contributed by atoms with E-state index in [0.717, 1.165) is 12.8 Å². The average molecular weight is 166 g/mol. The SMILES string of the molecule is CCOC(=O)/C=C\C1=CCCC1. The van der Waals surface area contributed by atoms with Gasteiger partial charge in [-0.2, -0.15) is 0 Å². The minimum atomic E-state index is -0.245. The zero-order valence-electron chi connectivity index (χ0n) is 7.38. The minimum Gasteiger partial charge on any atom is -0.463 e. The highest BCUT2D eigenvalue weighted by Crippen LogP contribution is 2.18. The van der Waals surface area contributed by atoms with Gasteiger partial charge in [-0.05, 0) is 26.2 Å². The van der Waals surface area contributed by atoms with Crippen LogP contribution in [0.1, 0.15) is 26.2 Å². The summed E-state index contributed by atoms with van der Waals surface area (Å²) in [6, 6.07) is 0. The van der Waals surface area contributed by atoms with Crippen molar-refractivity contribution in [2.24, 2.45) is 0 Å². The van der Waals surface area contributed by atoms with Crippen LogP contribution in [0.15, 0.2) is 23.8 Å². The summed E-state index contributed by atoms with van der Waals surface area (Å²) in [5, 5.41) is 0. The summed E-state index contributed by atoms with van der Waals surface area (Å²) in [6.45, 7) is 2.25. The molecule has 0 aromatic rings. The van der Waals surface area contributed by atoms with Crippen LogP contribution in [0.25, 0.3) is 0 Å². The van der Waals surface area contributed by atoms with Crippen LogP contribution in [0.4, 0.5) is 0 Å². The lowest BCUT2D eigenvalue weighted by molar-refractivity contribution is -0.137. The second-order valence-electron chi connectivity index (χ2n) is 2.76. The third kappa shape index (κ3) is 2.91. The van der Waals surface area contributed by atoms with E-state index in [0.29, 0.717) is 6.61 Å². The maximum Gasteiger partial charge on any atom is 0.330 e. The summed E-state index contributed by atoms with van der Waals surface area (Å²) in [5.41, 5.74) is 1.25. The van der Waals surface area contributed by atoms with Crippen LogP contribution < -0.4 is 0 Å². The molecule has 0 amide bonds. The highest BCUT2D eigenvalue weighted by atomic mass is 16.5. The van der Waals surface area contributed by atoms with Crippen LogP contribution >= 0.6 is 0 Å². The maximum absolute atomic E-state index is 10.9. The van der Waals surface area contributed by atoms with Crippen LogP contribution in [-0.2, 0) is 9.53 Å². The zero-order valence-corrected chi connectivity index (χ0v) is 7.38. The number of ether oxygens (including phenoxy) is 1. The van der Waals surface area contributed by atoms with Crippen molar-refractivity contribution >= 4 is 5.97 Å². The Labute approximate surface area is 72.9 Å². The van der Waals surface area contributed by atoms with Crippen molar-refractivity contribution in [1.29, 1.82) is 0 Å². The molecule has 1 rings (SSSR count). The van der Waals surface area contributed by atoms with E-state index in [9.17, 15) is 4.79 Å². The molecule has 2 nitrogen and oxygen atoms in total. The zero-order chi connectivity index (χ0) is 8.81. The lowest BCUT2D eigenvalue weighted by Gasteiger charge is -1.94. The molecule has 0 radical (unpaired) electrons. The van der Waals surface area contributed by atoms with E-state index in [2.05, 4.69) is 6.08 Å². The molecule has 0 N–H and O–H groups in total. The van der Waals surface area contributed by atoms with E-state index in [-0.39, 0.29) is 5.97 Å². The van der Waals surface area contributed by atoms with E-state index in [1.807, 2.05) is 6.08 Å². The lowest BCUT2D eigenvalue weighted by atomic mass is 10.2. The first kappa shape index (κ1) is 9.04. The van der Waals surface area contributed by atoms with Crippen molar-refractivity contribution in [3.8, 4) is 0 Å². The van der Waals surface area contributed by atoms with E-state index in [1.165, 1.54) is 18.1 Å². The second kappa shape index (κ2) is 4.75. The number of allylic oxidation sites excluding steroid dienone is 3. The lowest BCUT2D eigenvalue weighted by Crippen LogP contribution is -1.98. The van der Waals surface area contributed by atoms with Gasteiger partial charge in [0.25, 0.3) is 0 Å². The molecule has 1 aliphatic rings. The first-order chi connectivity index (χ1) is 5.83. The normalized spacial score (nSPS) is 16.6. The van der Waals surface area contributed by atoms with Gasteiger partial charge in [0.1, 0.15) is 0 Å². The summed E-state index contributed by atoms with van der Waals surface area (Å²) >= 11 is 0. The molecular formula is C10H14O2. The van der Waals surface area contributed by atoms with Crippen molar-refractivity contribution < 1.29 is 9.53 Å². The van der Waals surface area contributed by atoms with E-state index >= 15 is 0 Å². The molecule has 0 aromatic heterocycles. The highest BCUT2D eigenvalue weighted by Gasteiger charge is 2.01. The fourth-order valence-corrected chi connectivity index (χ4v) is 1.21. The smallest absolute Gasteiger partial charge is 0.330 e. The highest BCUT2D eigenvalue weighted by molar-refractivity contribution is 5.82. The Hall–Kier alpha value is -1.05. The second-order valence-corrected chi connectivity index (χ2v) is 2.76. The molecule has 0 unspecified atom stereocenters. The van der Waals surface area contributed by atoms with Crippen molar-refractivity contribution in [2.45, 2.75) is 26.2 Å². The number of rotatable bonds is 3. The van der Waals surface area contributed by atoms with Gasteiger partial charge in [0.2, 0.25) is 0 Å². The maximum atomic E-state index is 10.9. The largest absolute Gasteiger partial charge is 0.463 e. The van der Waals surface area contributed by atoms with Crippen LogP contribution in [0.3, 0.4) is 0 Å². The van der Waals surface area contributed by atoms with Crippen molar-refractivity contribution in [1.82, 2.24) is 0 Å². The monoisotopic (exact) mass is 166 g/mol. The van der Waals surface area contributed by atoms with E-state index < -0.39 is 0 Å². The van der Waals surface area contributed by atoms with Gasteiger partial charge in [0.05, 0.1) is 6.61 Å². The fraction of sp³-hybridized carbons (Fsp3) is 0.500. The van der Waals surface area contributed by atoms with E-state index in [1.54, 1.807) is 6.92 Å². The predicted molar refractivity (Wildman–Crippen MR) is 47.7 cm³/mol. The van der Waals surface area contributed by atoms with Crippen LogP contribution in [-0.4, -0.2) is 12.6 Å². The standard InChI is InChI=1S/C10H14O2/c1-2-12-10(11)8-7-9-5-3-4-6-9/h5,7-8H,2-4,6H2,1H3/b8-7-. The number of carbonyl (C=O) groups excluding carboxylic acids is 1. The summed E-state index contributed by atoms with van der Waals surface area (Å²) in [5.74, 6) is -0.245. The molecule has 66 valence electrons. The van der Waals surface area contributed by atoms with Crippen LogP contribution in [0.5, 0.6) is 0 Å². The van der Waals surface area contributed by atoms with Gasteiger partial charge >= 0.3 is 5.97 Å². The van der Waals surface area contributed by atoms with Crippen LogP contribution in [0, 0.1) is 0 Å². The number of esters is 1. The Bertz CT molecular complexity index is 214. The molecule has 0 saturated heterocycles. The Morgan fingerprint density at radius 3 is 3.17 bits per heavy atom. The molecule has 12 heavy (non-hydrogen) atoms. The van der Waals surface area contributed by atoms with Crippen LogP contribution in [0.2, 0.25) is 0 Å². The number of carbonyl (C=O) groups is 1. The van der Waals surface area contributed by atoms with Gasteiger partial charge < -0.3 is 4.74 Å². The molecule has 2 heteroatoms.